The highest BCUT2D eigenvalue weighted by molar-refractivity contribution is 5.89. The molecule has 2 amide bonds. The van der Waals surface area contributed by atoms with Crippen LogP contribution in [0.4, 0.5) is 0 Å². The molecule has 4 atom stereocenters. The van der Waals surface area contributed by atoms with E-state index in [1.807, 2.05) is 0 Å². The first-order valence-corrected chi connectivity index (χ1v) is 7.64. The first kappa shape index (κ1) is 13.8. The number of fused-ring (bicyclic) bond motifs is 1. The molecule has 2 unspecified atom stereocenters. The molecule has 0 spiro atoms. The summed E-state index contributed by atoms with van der Waals surface area (Å²) in [5.41, 5.74) is 5.59. The monoisotopic (exact) mass is 281 g/mol. The summed E-state index contributed by atoms with van der Waals surface area (Å²) < 4.78 is 5.69. The topological polar surface area (TPSA) is 84.7 Å². The van der Waals surface area contributed by atoms with Crippen molar-refractivity contribution in [2.45, 2.75) is 62.8 Å². The average Bonchev–Trinajstić information content (AvgIpc) is 2.94. The number of nitrogens with zero attached hydrogens (tertiary/aromatic N) is 1. The van der Waals surface area contributed by atoms with Gasteiger partial charge in [0.1, 0.15) is 6.10 Å². The van der Waals surface area contributed by atoms with Crippen molar-refractivity contribution in [3.63, 3.8) is 0 Å². The molecule has 0 bridgehead atoms. The number of rotatable bonds is 2. The van der Waals surface area contributed by atoms with E-state index in [2.05, 4.69) is 5.32 Å². The molecule has 1 saturated carbocycles. The summed E-state index contributed by atoms with van der Waals surface area (Å²) in [6.07, 6.45) is 5.33. The van der Waals surface area contributed by atoms with Gasteiger partial charge in [-0.25, -0.2) is 0 Å². The third-order valence-electron chi connectivity index (χ3n) is 4.72. The maximum Gasteiger partial charge on any atom is 0.252 e. The lowest BCUT2D eigenvalue weighted by molar-refractivity contribution is -0.152. The van der Waals surface area contributed by atoms with Crippen LogP contribution < -0.4 is 11.1 Å². The van der Waals surface area contributed by atoms with Crippen LogP contribution in [0.3, 0.4) is 0 Å². The number of hydrogen-bond acceptors (Lipinski definition) is 4. The second-order valence-corrected chi connectivity index (χ2v) is 6.05. The summed E-state index contributed by atoms with van der Waals surface area (Å²) in [4.78, 5) is 26.2. The van der Waals surface area contributed by atoms with Gasteiger partial charge in [-0.2, -0.15) is 0 Å². The second kappa shape index (κ2) is 5.69. The Morgan fingerprint density at radius 1 is 1.30 bits per heavy atom. The summed E-state index contributed by atoms with van der Waals surface area (Å²) in [5, 5.41) is 3.02. The average molecular weight is 281 g/mol. The van der Waals surface area contributed by atoms with Crippen LogP contribution in [0.1, 0.15) is 38.5 Å². The Labute approximate surface area is 119 Å². The molecule has 3 aliphatic rings. The molecule has 0 aromatic carbocycles. The van der Waals surface area contributed by atoms with E-state index in [9.17, 15) is 9.59 Å². The van der Waals surface area contributed by atoms with Crippen molar-refractivity contribution in [1.29, 1.82) is 0 Å². The van der Waals surface area contributed by atoms with Crippen LogP contribution in [0.25, 0.3) is 0 Å². The van der Waals surface area contributed by atoms with Gasteiger partial charge in [-0.1, -0.05) is 12.8 Å². The van der Waals surface area contributed by atoms with Gasteiger partial charge in [-0.3, -0.25) is 9.59 Å². The fourth-order valence-electron chi connectivity index (χ4n) is 3.66. The normalized spacial score (nSPS) is 37.5. The molecule has 3 rings (SSSR count). The molecule has 0 aromatic rings. The fourth-order valence-corrected chi connectivity index (χ4v) is 3.66. The highest BCUT2D eigenvalue weighted by atomic mass is 16.5. The zero-order valence-corrected chi connectivity index (χ0v) is 11.7. The Balaban J connectivity index is 1.70. The van der Waals surface area contributed by atoms with Crippen molar-refractivity contribution in [3.8, 4) is 0 Å². The molecule has 3 fully saturated rings. The third kappa shape index (κ3) is 2.54. The molecule has 2 aliphatic heterocycles. The lowest BCUT2D eigenvalue weighted by Gasteiger charge is -2.44. The zero-order valence-electron chi connectivity index (χ0n) is 11.7. The molecule has 0 aromatic heterocycles. The molecule has 3 N–H and O–H groups in total. The Hall–Kier alpha value is -1.14. The van der Waals surface area contributed by atoms with Crippen LogP contribution in [-0.2, 0) is 14.3 Å². The van der Waals surface area contributed by atoms with Gasteiger partial charge < -0.3 is 20.7 Å². The number of nitrogens with one attached hydrogen (secondary N) is 1. The Kier molecular flexibility index (Phi) is 3.94. The van der Waals surface area contributed by atoms with Crippen molar-refractivity contribution >= 4 is 11.8 Å². The van der Waals surface area contributed by atoms with E-state index >= 15 is 0 Å². The Morgan fingerprint density at radius 3 is 2.85 bits per heavy atom. The van der Waals surface area contributed by atoms with E-state index in [0.29, 0.717) is 6.54 Å². The van der Waals surface area contributed by atoms with Gasteiger partial charge in [0.25, 0.3) is 5.91 Å². The van der Waals surface area contributed by atoms with Gasteiger partial charge in [-0.05, 0) is 25.7 Å². The summed E-state index contributed by atoms with van der Waals surface area (Å²) in [7, 11) is 0. The highest BCUT2D eigenvalue weighted by Gasteiger charge is 2.42. The first-order valence-electron chi connectivity index (χ1n) is 7.64. The molecule has 20 heavy (non-hydrogen) atoms. The van der Waals surface area contributed by atoms with Crippen LogP contribution in [-0.4, -0.2) is 54.1 Å². The maximum atomic E-state index is 12.6. The van der Waals surface area contributed by atoms with Crippen molar-refractivity contribution in [2.75, 3.05) is 13.1 Å². The van der Waals surface area contributed by atoms with Gasteiger partial charge in [0, 0.05) is 12.6 Å². The highest BCUT2D eigenvalue weighted by Crippen LogP contribution is 2.28. The summed E-state index contributed by atoms with van der Waals surface area (Å²) in [5.74, 6) is -0.0671. The lowest BCUT2D eigenvalue weighted by Crippen LogP contribution is -2.64. The van der Waals surface area contributed by atoms with Crippen molar-refractivity contribution in [2.24, 2.45) is 5.73 Å². The Morgan fingerprint density at radius 2 is 2.10 bits per heavy atom. The van der Waals surface area contributed by atoms with Gasteiger partial charge >= 0.3 is 0 Å². The van der Waals surface area contributed by atoms with Crippen LogP contribution in [0.15, 0.2) is 0 Å². The van der Waals surface area contributed by atoms with Crippen molar-refractivity contribution in [1.82, 2.24) is 10.2 Å². The first-order chi connectivity index (χ1) is 9.69. The number of amides is 2. The number of carbonyl (C=O) groups excluding carboxylic acids is 2. The van der Waals surface area contributed by atoms with Gasteiger partial charge in [0.2, 0.25) is 5.91 Å². The molecule has 1 aliphatic carbocycles. The molecular weight excluding hydrogens is 258 g/mol. The van der Waals surface area contributed by atoms with Crippen molar-refractivity contribution in [3.05, 3.63) is 0 Å². The van der Waals surface area contributed by atoms with Crippen LogP contribution in [0.2, 0.25) is 0 Å². The van der Waals surface area contributed by atoms with Crippen LogP contribution >= 0.6 is 0 Å². The maximum absolute atomic E-state index is 12.6. The van der Waals surface area contributed by atoms with E-state index in [1.54, 1.807) is 4.90 Å². The van der Waals surface area contributed by atoms with Crippen molar-refractivity contribution < 1.29 is 14.3 Å². The largest absolute Gasteiger partial charge is 0.364 e. The minimum atomic E-state index is -0.406. The summed E-state index contributed by atoms with van der Waals surface area (Å²) >= 11 is 0. The summed E-state index contributed by atoms with van der Waals surface area (Å²) in [6.45, 7) is 0.628. The van der Waals surface area contributed by atoms with E-state index in [1.165, 1.54) is 0 Å². The Bertz CT molecular complexity index is 401. The quantitative estimate of drug-likeness (QED) is 0.732. The number of nitrogens with two attached hydrogens (primary N) is 1. The molecular formula is C14H23N3O3. The predicted octanol–water partition coefficient (Wildman–Crippen LogP) is -0.238. The molecule has 6 nitrogen and oxygen atoms in total. The molecule has 0 radical (unpaired) electrons. The third-order valence-corrected chi connectivity index (χ3v) is 4.72. The number of ether oxygens (including phenoxy) is 1. The fraction of sp³-hybridized carbons (Fsp3) is 0.857. The number of carbonyl (C=O) groups is 2. The van der Waals surface area contributed by atoms with E-state index < -0.39 is 6.10 Å². The summed E-state index contributed by atoms with van der Waals surface area (Å²) in [6, 6.07) is 0.273. The van der Waals surface area contributed by atoms with Gasteiger partial charge in [0.05, 0.1) is 18.7 Å². The SMILES string of the molecule is NC[C@H]1CC[C@@H](C(=O)N2CC(=O)NC3CCCCC32)O1. The minimum absolute atomic E-state index is 0.00952. The second-order valence-electron chi connectivity index (χ2n) is 6.05. The van der Waals surface area contributed by atoms with E-state index in [0.717, 1.165) is 38.5 Å². The van der Waals surface area contributed by atoms with E-state index in [4.69, 9.17) is 10.5 Å². The lowest BCUT2D eigenvalue weighted by atomic mass is 9.87. The molecule has 2 saturated heterocycles. The van der Waals surface area contributed by atoms with Crippen LogP contribution in [0, 0.1) is 0 Å². The zero-order chi connectivity index (χ0) is 14.1. The van der Waals surface area contributed by atoms with Gasteiger partial charge in [-0.15, -0.1) is 0 Å². The predicted molar refractivity (Wildman–Crippen MR) is 72.8 cm³/mol. The van der Waals surface area contributed by atoms with Crippen LogP contribution in [0.5, 0.6) is 0 Å². The smallest absolute Gasteiger partial charge is 0.252 e. The molecule has 112 valence electrons. The van der Waals surface area contributed by atoms with E-state index in [-0.39, 0.29) is 36.5 Å². The standard InChI is InChI=1S/C14H23N3O3/c15-7-9-5-6-12(20-9)14(19)17-8-13(18)16-10-3-1-2-4-11(10)17/h9-12H,1-8,15H2,(H,16,18)/t9-,10?,11?,12+/m1/s1. The molecule has 6 heteroatoms. The molecule has 2 heterocycles. The van der Waals surface area contributed by atoms with Gasteiger partial charge in [0.15, 0.2) is 0 Å². The number of hydrogen-bond donors (Lipinski definition) is 2. The number of piperazine rings is 1. The minimum Gasteiger partial charge on any atom is -0.364 e.